The van der Waals surface area contributed by atoms with Gasteiger partial charge in [0.05, 0.1) is 12.1 Å². The Morgan fingerprint density at radius 2 is 1.70 bits per heavy atom. The second-order valence-corrected chi connectivity index (χ2v) is 6.11. The lowest BCUT2D eigenvalue weighted by Crippen LogP contribution is -2.35. The van der Waals surface area contributed by atoms with Gasteiger partial charge in [-0.05, 0) is 49.3 Å². The SMILES string of the molecule is CCNC(c1ccc(C(C)C)cc1)C(OCC)C1CC1. The molecule has 2 rings (SSSR count). The highest BCUT2D eigenvalue weighted by Gasteiger charge is 2.37. The Bertz CT molecular complexity index is 394. The molecule has 1 fully saturated rings. The molecule has 2 heteroatoms. The summed E-state index contributed by atoms with van der Waals surface area (Å²) in [5, 5.41) is 3.63. The van der Waals surface area contributed by atoms with Crippen molar-refractivity contribution in [3.05, 3.63) is 35.4 Å². The van der Waals surface area contributed by atoms with Crippen LogP contribution in [0.25, 0.3) is 0 Å². The van der Waals surface area contributed by atoms with E-state index in [2.05, 4.69) is 57.3 Å². The fraction of sp³-hybridized carbons (Fsp3) is 0.667. The van der Waals surface area contributed by atoms with Crippen molar-refractivity contribution in [2.75, 3.05) is 13.2 Å². The first kappa shape index (κ1) is 15.5. The van der Waals surface area contributed by atoms with Gasteiger partial charge in [-0.15, -0.1) is 0 Å². The van der Waals surface area contributed by atoms with Crippen molar-refractivity contribution < 1.29 is 4.74 Å². The summed E-state index contributed by atoms with van der Waals surface area (Å²) in [6, 6.07) is 9.41. The highest BCUT2D eigenvalue weighted by Crippen LogP contribution is 2.40. The summed E-state index contributed by atoms with van der Waals surface area (Å²) in [5.41, 5.74) is 2.77. The van der Waals surface area contributed by atoms with Crippen LogP contribution in [-0.4, -0.2) is 19.3 Å². The van der Waals surface area contributed by atoms with Gasteiger partial charge in [0.2, 0.25) is 0 Å². The Hall–Kier alpha value is -0.860. The molecule has 20 heavy (non-hydrogen) atoms. The smallest absolute Gasteiger partial charge is 0.0797 e. The Labute approximate surface area is 123 Å². The van der Waals surface area contributed by atoms with Gasteiger partial charge in [-0.25, -0.2) is 0 Å². The van der Waals surface area contributed by atoms with Crippen LogP contribution in [0, 0.1) is 5.92 Å². The molecule has 2 nitrogen and oxygen atoms in total. The van der Waals surface area contributed by atoms with Crippen molar-refractivity contribution in [2.24, 2.45) is 5.92 Å². The molecule has 0 heterocycles. The highest BCUT2D eigenvalue weighted by molar-refractivity contribution is 5.28. The van der Waals surface area contributed by atoms with Crippen molar-refractivity contribution in [3.63, 3.8) is 0 Å². The second kappa shape index (κ2) is 7.24. The monoisotopic (exact) mass is 275 g/mol. The molecule has 2 atom stereocenters. The fourth-order valence-corrected chi connectivity index (χ4v) is 2.85. The number of likely N-dealkylation sites (N-methyl/N-ethyl adjacent to an activating group) is 1. The standard InChI is InChI=1S/C18H29NO/c1-5-19-17(18(20-6-2)16-11-12-16)15-9-7-14(8-10-15)13(3)4/h7-10,13,16-19H,5-6,11-12H2,1-4H3. The highest BCUT2D eigenvalue weighted by atomic mass is 16.5. The average molecular weight is 275 g/mol. The van der Waals surface area contributed by atoms with E-state index in [1.54, 1.807) is 0 Å². The first-order valence-corrected chi connectivity index (χ1v) is 8.12. The lowest BCUT2D eigenvalue weighted by atomic mass is 9.94. The first-order chi connectivity index (χ1) is 9.67. The molecule has 1 saturated carbocycles. The van der Waals surface area contributed by atoms with E-state index in [1.165, 1.54) is 24.0 Å². The Morgan fingerprint density at radius 1 is 1.10 bits per heavy atom. The molecule has 0 aromatic heterocycles. The molecule has 1 aromatic carbocycles. The van der Waals surface area contributed by atoms with Crippen LogP contribution in [0.1, 0.15) is 63.6 Å². The number of rotatable bonds is 8. The van der Waals surface area contributed by atoms with E-state index in [-0.39, 0.29) is 0 Å². The number of nitrogens with one attached hydrogen (secondary N) is 1. The summed E-state index contributed by atoms with van der Waals surface area (Å²) in [5.74, 6) is 1.33. The van der Waals surface area contributed by atoms with E-state index in [4.69, 9.17) is 4.74 Å². The van der Waals surface area contributed by atoms with Crippen molar-refractivity contribution in [1.29, 1.82) is 0 Å². The van der Waals surface area contributed by atoms with Gasteiger partial charge in [0.15, 0.2) is 0 Å². The van der Waals surface area contributed by atoms with Gasteiger partial charge >= 0.3 is 0 Å². The molecule has 1 aromatic rings. The summed E-state index contributed by atoms with van der Waals surface area (Å²) in [7, 11) is 0. The third-order valence-electron chi connectivity index (χ3n) is 4.16. The molecular weight excluding hydrogens is 246 g/mol. The maximum atomic E-state index is 6.05. The maximum absolute atomic E-state index is 6.05. The van der Waals surface area contributed by atoms with E-state index in [1.807, 2.05) is 0 Å². The first-order valence-electron chi connectivity index (χ1n) is 8.12. The van der Waals surface area contributed by atoms with Gasteiger partial charge in [0.25, 0.3) is 0 Å². The van der Waals surface area contributed by atoms with E-state index >= 15 is 0 Å². The summed E-state index contributed by atoms with van der Waals surface area (Å²) in [6.07, 6.45) is 2.96. The van der Waals surface area contributed by atoms with Crippen LogP contribution in [0.2, 0.25) is 0 Å². The molecule has 0 radical (unpaired) electrons. The zero-order valence-corrected chi connectivity index (χ0v) is 13.4. The van der Waals surface area contributed by atoms with Gasteiger partial charge in [-0.3, -0.25) is 0 Å². The van der Waals surface area contributed by atoms with Gasteiger partial charge in [0.1, 0.15) is 0 Å². The molecule has 0 spiro atoms. The minimum absolute atomic E-state index is 0.324. The second-order valence-electron chi connectivity index (χ2n) is 6.11. The van der Waals surface area contributed by atoms with E-state index in [0.717, 1.165) is 19.1 Å². The molecule has 1 aliphatic rings. The van der Waals surface area contributed by atoms with Crippen LogP contribution < -0.4 is 5.32 Å². The topological polar surface area (TPSA) is 21.3 Å². The summed E-state index contributed by atoms with van der Waals surface area (Å²) in [4.78, 5) is 0. The zero-order chi connectivity index (χ0) is 14.5. The third kappa shape index (κ3) is 3.83. The zero-order valence-electron chi connectivity index (χ0n) is 13.4. The maximum Gasteiger partial charge on any atom is 0.0797 e. The number of hydrogen-bond acceptors (Lipinski definition) is 2. The lowest BCUT2D eigenvalue weighted by Gasteiger charge is -2.28. The van der Waals surface area contributed by atoms with E-state index in [9.17, 15) is 0 Å². The van der Waals surface area contributed by atoms with Crippen LogP contribution in [-0.2, 0) is 4.74 Å². The quantitative estimate of drug-likeness (QED) is 0.764. The average Bonchev–Trinajstić information content (AvgIpc) is 3.27. The molecular formula is C18H29NO. The molecule has 0 saturated heterocycles. The Kier molecular flexibility index (Phi) is 5.62. The normalized spacial score (nSPS) is 18.2. The van der Waals surface area contributed by atoms with Crippen molar-refractivity contribution in [2.45, 2.75) is 58.6 Å². The molecule has 0 aliphatic heterocycles. The van der Waals surface area contributed by atoms with Gasteiger partial charge in [-0.2, -0.15) is 0 Å². The van der Waals surface area contributed by atoms with Gasteiger partial charge < -0.3 is 10.1 Å². The van der Waals surface area contributed by atoms with Crippen LogP contribution in [0.3, 0.4) is 0 Å². The Morgan fingerprint density at radius 3 is 2.15 bits per heavy atom. The van der Waals surface area contributed by atoms with Crippen molar-refractivity contribution in [1.82, 2.24) is 5.32 Å². The third-order valence-corrected chi connectivity index (χ3v) is 4.16. The minimum atomic E-state index is 0.324. The lowest BCUT2D eigenvalue weighted by molar-refractivity contribution is 0.0189. The number of hydrogen-bond donors (Lipinski definition) is 1. The molecule has 1 aliphatic carbocycles. The van der Waals surface area contributed by atoms with Gasteiger partial charge in [-0.1, -0.05) is 45.0 Å². The summed E-state index contributed by atoms with van der Waals surface area (Å²) in [6.45, 7) is 10.5. The van der Waals surface area contributed by atoms with Crippen molar-refractivity contribution in [3.8, 4) is 0 Å². The van der Waals surface area contributed by atoms with E-state index < -0.39 is 0 Å². The molecule has 0 amide bonds. The number of ether oxygens (including phenoxy) is 1. The predicted molar refractivity (Wildman–Crippen MR) is 85.1 cm³/mol. The Balaban J connectivity index is 2.17. The van der Waals surface area contributed by atoms with E-state index in [0.29, 0.717) is 18.1 Å². The van der Waals surface area contributed by atoms with Crippen molar-refractivity contribution >= 4 is 0 Å². The summed E-state index contributed by atoms with van der Waals surface area (Å²) >= 11 is 0. The largest absolute Gasteiger partial charge is 0.376 e. The van der Waals surface area contributed by atoms with Crippen LogP contribution >= 0.6 is 0 Å². The van der Waals surface area contributed by atoms with Gasteiger partial charge in [0, 0.05) is 6.61 Å². The number of benzene rings is 1. The van der Waals surface area contributed by atoms with Crippen LogP contribution in [0.15, 0.2) is 24.3 Å². The molecule has 2 unspecified atom stereocenters. The van der Waals surface area contributed by atoms with Crippen LogP contribution in [0.5, 0.6) is 0 Å². The molecule has 0 bridgehead atoms. The molecule has 1 N–H and O–H groups in total. The fourth-order valence-electron chi connectivity index (χ4n) is 2.85. The van der Waals surface area contributed by atoms with Crippen LogP contribution in [0.4, 0.5) is 0 Å². The predicted octanol–water partition coefficient (Wildman–Crippen LogP) is 4.28. The molecule has 112 valence electrons. The minimum Gasteiger partial charge on any atom is -0.376 e. The summed E-state index contributed by atoms with van der Waals surface area (Å²) < 4.78 is 6.05.